The first-order chi connectivity index (χ1) is 51.8. The summed E-state index contributed by atoms with van der Waals surface area (Å²) in [6.45, 7) is -3.44. The van der Waals surface area contributed by atoms with Crippen molar-refractivity contribution in [1.82, 2.24) is 63.6 Å². The third-order valence-corrected chi connectivity index (χ3v) is 21.3. The van der Waals surface area contributed by atoms with Crippen LogP contribution in [0.1, 0.15) is 96.7 Å². The van der Waals surface area contributed by atoms with E-state index in [0.717, 1.165) is 48.8 Å². The van der Waals surface area contributed by atoms with Crippen molar-refractivity contribution in [2.75, 3.05) is 43.7 Å². The van der Waals surface area contributed by atoms with Gasteiger partial charge < -0.3 is 90.4 Å². The number of aromatic nitrogens is 12. The highest BCUT2D eigenvalue weighted by Crippen LogP contribution is 2.49. The zero-order chi connectivity index (χ0) is 77.0. The van der Waals surface area contributed by atoms with Crippen molar-refractivity contribution < 1.29 is 78.4 Å². The summed E-state index contributed by atoms with van der Waals surface area (Å²) >= 11 is 5.77. The van der Waals surface area contributed by atoms with Crippen LogP contribution in [-0.4, -0.2) is 198 Å². The molecule has 588 valence electrons. The number of H-pyrrole nitrogens is 3. The molecule has 1 aliphatic carbocycles. The van der Waals surface area contributed by atoms with Gasteiger partial charge in [0.1, 0.15) is 65.8 Å². The van der Waals surface area contributed by atoms with Gasteiger partial charge in [-0.1, -0.05) is 137 Å². The Balaban J connectivity index is 0.000000198. The number of para-hydroxylation sites is 1. The summed E-state index contributed by atoms with van der Waals surface area (Å²) in [5.41, 5.74) is 4.24. The number of ether oxygens (including phenoxy) is 5. The average molecular weight is 1570 g/mol. The van der Waals surface area contributed by atoms with Gasteiger partial charge in [-0.2, -0.15) is 15.0 Å². The number of nitrogens with two attached hydrogens (primary N) is 2. The third-order valence-electron chi connectivity index (χ3n) is 18.8. The van der Waals surface area contributed by atoms with Gasteiger partial charge in [-0.05, 0) is 85.4 Å². The van der Waals surface area contributed by atoms with Crippen molar-refractivity contribution in [3.8, 4) is 48.5 Å². The van der Waals surface area contributed by atoms with E-state index in [0.29, 0.717) is 11.5 Å². The topological polar surface area (TPSA) is 510 Å². The number of anilines is 3. The first-order valence-corrected chi connectivity index (χ1v) is 36.2. The van der Waals surface area contributed by atoms with Crippen LogP contribution in [0.15, 0.2) is 149 Å². The Kier molecular flexibility index (Phi) is 26.3. The number of esters is 1. The first kappa shape index (κ1) is 84.2. The molecule has 4 aliphatic rings. The van der Waals surface area contributed by atoms with Crippen LogP contribution in [0.5, 0.6) is 11.5 Å². The number of nitrogens with zero attached hydrogens (tertiary/aromatic N) is 9. The summed E-state index contributed by atoms with van der Waals surface area (Å²) in [6.07, 6.45) is 12.4. The van der Waals surface area contributed by atoms with E-state index < -0.39 is 133 Å². The van der Waals surface area contributed by atoms with E-state index in [2.05, 4.69) is 68.0 Å². The molecule has 6 aromatic heterocycles. The largest absolute Gasteiger partial charge is 0.497 e. The molecule has 0 amide bonds. The van der Waals surface area contributed by atoms with Gasteiger partial charge in [-0.25, -0.2) is 20.0 Å². The van der Waals surface area contributed by atoms with Gasteiger partial charge in [-0.15, -0.1) is 19.3 Å². The number of carbonyl (C=O) groups excluding carboxylic acids is 1. The standard InChI is InChI=1S/C32H29N5O6.C27H33N6O8PS.C12H13N5O5.3CH4/c1-3-31(41)26(39)24(18-38)43-29(31)37-19-33-25-27(37)34-30(35-28(25)40)36-32(20-10-6-4-7-11-20,21-12-8-5-9-13-21)22-14-16-23(42-2)17-15-22;1-3-27(37)21(34)19(40-25(27)33-15-29-20-22(33)30-26(28)31-23(20)35)14-38-42(43,41-18-12-8-5-9-13-18)32-16(2)24(36)39-17-10-6-4-7-11-17;1-2-12(21)7(19)5(3-18)22-10(12)17-4-14-6-8(17)15-11(13)16-9(6)20;;;/h1,4-17,19,24,26,29,38-39,41H,18H2,2H3,(H2,34,35,36,40);1,5,8-9,12-13,15-17,19,21,25,34,37H,4,6-7,10-11,14H2,2H3,(H,32,43)(H3,28,30,31,35);1,4-5,7,10,18-19,21H,3H2,(H3,13,15,16,20);3*1H4/t24-,26-,29+,31-;16-,19+,21+,25-,27+,42?;5-,7-,10+,12-;;;/m101.../s1. The molecule has 35 nitrogen and oxygen atoms in total. The van der Waals surface area contributed by atoms with Crippen LogP contribution in [0, 0.1) is 37.0 Å². The molecule has 9 heterocycles. The van der Waals surface area contributed by atoms with E-state index in [1.807, 2.05) is 84.9 Å². The molecule has 37 heteroatoms. The molecule has 111 heavy (non-hydrogen) atoms. The highest BCUT2D eigenvalue weighted by atomic mass is 32.5. The summed E-state index contributed by atoms with van der Waals surface area (Å²) in [7, 11) is 1.60. The quantitative estimate of drug-likeness (QED) is 0.0226. The molecular weight excluding hydrogens is 1480 g/mol. The third kappa shape index (κ3) is 16.2. The molecule has 4 fully saturated rings. The predicted molar refractivity (Wildman–Crippen MR) is 411 cm³/mol. The Morgan fingerprint density at radius 3 is 1.44 bits per heavy atom. The molecule has 4 aromatic carbocycles. The minimum absolute atomic E-state index is 0. The number of benzene rings is 4. The number of imidazole rings is 3. The van der Waals surface area contributed by atoms with E-state index in [4.69, 9.17) is 80.3 Å². The van der Waals surface area contributed by atoms with Crippen LogP contribution in [0.25, 0.3) is 33.5 Å². The summed E-state index contributed by atoms with van der Waals surface area (Å²) in [6, 6.07) is 34.8. The second kappa shape index (κ2) is 34.6. The number of aliphatic hydroxyl groups excluding tert-OH is 5. The SMILES string of the molecule is C.C.C.C#C[C@@]1(O)[C@H](O)[C@@H](CO)O[C@@H]1n1cnc2c(=O)[nH]c(N)nc21.C#C[C@@]1(O)[C@H](O)[C@@H](CO)O[C@@H]1n1cnc2c(=O)[nH]c(NC(c3ccccc3)(c3ccccc3)c3ccc(OC)cc3)nc21.C#C[C@@]1(O)[C@H](O)[C@@H](COP(=S)(N[C@@H](C)C(=O)OC2CCCCC2)Oc2ccccc2)O[C@@H]1n1cnc2c(=O)[nH]c(N)nc21. The van der Waals surface area contributed by atoms with Crippen LogP contribution in [-0.2, 0) is 45.6 Å². The number of terminal acetylenes is 3. The number of nitrogens with one attached hydrogen (secondary N) is 5. The molecule has 1 unspecified atom stereocenters. The molecule has 3 aliphatic heterocycles. The van der Waals surface area contributed by atoms with E-state index in [1.165, 1.54) is 32.7 Å². The summed E-state index contributed by atoms with van der Waals surface area (Å²) in [5, 5.41) is 90.1. The van der Waals surface area contributed by atoms with E-state index >= 15 is 0 Å². The number of nitrogen functional groups attached to an aromatic ring is 2. The zero-order valence-electron chi connectivity index (χ0n) is 57.5. The fourth-order valence-electron chi connectivity index (χ4n) is 13.2. The minimum Gasteiger partial charge on any atom is -0.497 e. The predicted octanol–water partition coefficient (Wildman–Crippen LogP) is 2.87. The second-order valence-electron chi connectivity index (χ2n) is 25.6. The van der Waals surface area contributed by atoms with Crippen LogP contribution < -0.4 is 47.8 Å². The molecule has 0 radical (unpaired) electrons. The van der Waals surface area contributed by atoms with Crippen LogP contribution >= 0.6 is 6.64 Å². The lowest BCUT2D eigenvalue weighted by molar-refractivity contribution is -0.152. The van der Waals surface area contributed by atoms with Crippen LogP contribution in [0.3, 0.4) is 0 Å². The van der Waals surface area contributed by atoms with Crippen LogP contribution in [0.2, 0.25) is 0 Å². The van der Waals surface area contributed by atoms with E-state index in [1.54, 1.807) is 44.4 Å². The molecular formula is C74H87N16O19PS. The molecule has 0 bridgehead atoms. The number of hydrogen-bond acceptors (Lipinski definition) is 29. The molecule has 10 aromatic rings. The van der Waals surface area contributed by atoms with Gasteiger partial charge >= 0.3 is 12.6 Å². The van der Waals surface area contributed by atoms with Crippen LogP contribution in [0.4, 0.5) is 17.8 Å². The van der Waals surface area contributed by atoms with E-state index in [-0.39, 0.29) is 79.7 Å². The number of methoxy groups -OCH3 is 1. The monoisotopic (exact) mass is 1570 g/mol. The van der Waals surface area contributed by atoms with Crippen molar-refractivity contribution in [3.63, 3.8) is 0 Å². The average Bonchev–Trinajstić information content (AvgIpc) is 1.75. The maximum atomic E-state index is 13.4. The van der Waals surface area contributed by atoms with Crippen molar-refractivity contribution in [2.24, 2.45) is 0 Å². The molecule has 3 saturated heterocycles. The number of fused-ring (bicyclic) bond motifs is 3. The van der Waals surface area contributed by atoms with Gasteiger partial charge in [0.15, 0.2) is 69.0 Å². The van der Waals surface area contributed by atoms with Crippen molar-refractivity contribution >= 4 is 75.8 Å². The lowest BCUT2D eigenvalue weighted by atomic mass is 9.77. The van der Waals surface area contributed by atoms with Gasteiger partial charge in [0.25, 0.3) is 16.7 Å². The smallest absolute Gasteiger partial charge is 0.323 e. The number of aliphatic hydroxyl groups is 8. The fourth-order valence-corrected chi connectivity index (χ4v) is 15.6. The number of hydrogen-bond donors (Lipinski definition) is 15. The lowest BCUT2D eigenvalue weighted by Gasteiger charge is -2.37. The van der Waals surface area contributed by atoms with E-state index in [9.17, 15) is 60.0 Å². The maximum Gasteiger partial charge on any atom is 0.323 e. The summed E-state index contributed by atoms with van der Waals surface area (Å²) in [4.78, 5) is 82.5. The Bertz CT molecular complexity index is 5220. The highest BCUT2D eigenvalue weighted by Gasteiger charge is 2.59. The van der Waals surface area contributed by atoms with Gasteiger partial charge in [0, 0.05) is 0 Å². The molecule has 14 rings (SSSR count). The minimum atomic E-state index is -3.50. The van der Waals surface area contributed by atoms with Crippen molar-refractivity contribution in [3.05, 3.63) is 182 Å². The first-order valence-electron chi connectivity index (χ1n) is 33.6. The molecule has 1 saturated carbocycles. The number of rotatable bonds is 20. The Labute approximate surface area is 640 Å². The van der Waals surface area contributed by atoms with Gasteiger partial charge in [0.05, 0.1) is 45.9 Å². The van der Waals surface area contributed by atoms with Crippen molar-refractivity contribution in [2.45, 2.75) is 151 Å². The molecule has 0 spiro atoms. The molecule has 14 atom stereocenters. The highest BCUT2D eigenvalue weighted by molar-refractivity contribution is 8.09. The zero-order valence-corrected chi connectivity index (χ0v) is 59.3. The Morgan fingerprint density at radius 1 is 0.622 bits per heavy atom. The summed E-state index contributed by atoms with van der Waals surface area (Å²) in [5.74, 6) is 6.74. The fraction of sp³-hybridized carbons (Fsp3) is 0.378. The summed E-state index contributed by atoms with van der Waals surface area (Å²) < 4.78 is 44.0. The Hall–Kier alpha value is -10.8. The number of carbonyl (C=O) groups is 1. The normalized spacial score (nSPS) is 24.9. The number of aromatic amines is 3. The lowest BCUT2D eigenvalue weighted by Crippen LogP contribution is -2.46. The second-order valence-corrected chi connectivity index (χ2v) is 28.7. The van der Waals surface area contributed by atoms with Crippen molar-refractivity contribution in [1.29, 1.82) is 0 Å². The Morgan fingerprint density at radius 2 is 1.02 bits per heavy atom. The van der Waals surface area contributed by atoms with Gasteiger partial charge in [-0.3, -0.25) is 47.8 Å². The maximum absolute atomic E-state index is 13.4. The van der Waals surface area contributed by atoms with Gasteiger partial charge in [0.2, 0.25) is 17.8 Å². The molecule has 17 N–H and O–H groups in total.